The van der Waals surface area contributed by atoms with Crippen molar-refractivity contribution >= 4 is 16.7 Å². The standard InChI is InChI=1S/C11H24N2O2S/c1-4-11(5-2,9-12)10(14)13-7-6-8-16(3)15/h4-9,12H2,1-3H3,(H,13,14). The topological polar surface area (TPSA) is 72.2 Å². The lowest BCUT2D eigenvalue weighted by Gasteiger charge is -2.28. The number of amides is 1. The molecule has 0 aromatic carbocycles. The summed E-state index contributed by atoms with van der Waals surface area (Å²) in [5.41, 5.74) is 5.25. The lowest BCUT2D eigenvalue weighted by Crippen LogP contribution is -2.45. The van der Waals surface area contributed by atoms with Crippen molar-refractivity contribution in [3.05, 3.63) is 0 Å². The minimum atomic E-state index is -0.783. The first-order chi connectivity index (χ1) is 7.52. The van der Waals surface area contributed by atoms with Crippen LogP contribution in [0, 0.1) is 5.41 Å². The molecule has 0 bridgehead atoms. The van der Waals surface area contributed by atoms with Gasteiger partial charge in [0.1, 0.15) is 0 Å². The van der Waals surface area contributed by atoms with E-state index in [0.717, 1.165) is 19.3 Å². The van der Waals surface area contributed by atoms with Gasteiger partial charge in [-0.05, 0) is 19.3 Å². The number of carbonyl (C=O) groups is 1. The fraction of sp³-hybridized carbons (Fsp3) is 0.909. The average molecular weight is 248 g/mol. The van der Waals surface area contributed by atoms with Crippen LogP contribution < -0.4 is 11.1 Å². The molecule has 0 saturated heterocycles. The summed E-state index contributed by atoms with van der Waals surface area (Å²) >= 11 is 0. The van der Waals surface area contributed by atoms with Crippen LogP contribution in [0.15, 0.2) is 0 Å². The molecule has 3 N–H and O–H groups in total. The Bertz CT molecular complexity index is 232. The molecule has 0 radical (unpaired) electrons. The van der Waals surface area contributed by atoms with Gasteiger partial charge in [-0.25, -0.2) is 0 Å². The molecule has 1 unspecified atom stereocenters. The maximum absolute atomic E-state index is 11.9. The van der Waals surface area contributed by atoms with Crippen molar-refractivity contribution < 1.29 is 9.00 Å². The zero-order valence-corrected chi connectivity index (χ0v) is 11.4. The van der Waals surface area contributed by atoms with E-state index in [9.17, 15) is 9.00 Å². The van der Waals surface area contributed by atoms with Gasteiger partial charge in [0.25, 0.3) is 0 Å². The van der Waals surface area contributed by atoms with E-state index < -0.39 is 16.2 Å². The van der Waals surface area contributed by atoms with Gasteiger partial charge >= 0.3 is 0 Å². The first-order valence-corrected chi connectivity index (χ1v) is 7.53. The van der Waals surface area contributed by atoms with Crippen LogP contribution in [0.3, 0.4) is 0 Å². The second kappa shape index (κ2) is 7.79. The molecule has 0 fully saturated rings. The highest BCUT2D eigenvalue weighted by molar-refractivity contribution is 7.84. The molecule has 0 aromatic heterocycles. The number of nitrogens with one attached hydrogen (secondary N) is 1. The average Bonchev–Trinajstić information content (AvgIpc) is 2.27. The largest absolute Gasteiger partial charge is 0.356 e. The first kappa shape index (κ1) is 15.6. The van der Waals surface area contributed by atoms with E-state index in [1.54, 1.807) is 6.26 Å². The van der Waals surface area contributed by atoms with E-state index in [1.165, 1.54) is 0 Å². The lowest BCUT2D eigenvalue weighted by molar-refractivity contribution is -0.131. The third-order valence-electron chi connectivity index (χ3n) is 3.12. The summed E-state index contributed by atoms with van der Waals surface area (Å²) in [6.45, 7) is 4.93. The second-order valence-corrected chi connectivity index (χ2v) is 5.63. The smallest absolute Gasteiger partial charge is 0.227 e. The van der Waals surface area contributed by atoms with E-state index >= 15 is 0 Å². The normalized spacial score (nSPS) is 13.5. The highest BCUT2D eigenvalue weighted by Gasteiger charge is 2.32. The third-order valence-corrected chi connectivity index (χ3v) is 3.98. The molecule has 0 saturated carbocycles. The Morgan fingerprint density at radius 1 is 1.38 bits per heavy atom. The maximum Gasteiger partial charge on any atom is 0.227 e. The summed E-state index contributed by atoms with van der Waals surface area (Å²) in [5, 5.41) is 2.88. The first-order valence-electron chi connectivity index (χ1n) is 5.80. The zero-order valence-electron chi connectivity index (χ0n) is 10.5. The predicted octanol–water partition coefficient (Wildman–Crippen LogP) is 0.636. The Kier molecular flexibility index (Phi) is 7.58. The van der Waals surface area contributed by atoms with Crippen molar-refractivity contribution in [2.75, 3.05) is 25.1 Å². The molecule has 16 heavy (non-hydrogen) atoms. The Morgan fingerprint density at radius 2 is 1.94 bits per heavy atom. The third kappa shape index (κ3) is 4.61. The van der Waals surface area contributed by atoms with Crippen molar-refractivity contribution in [3.8, 4) is 0 Å². The molecule has 0 aliphatic rings. The fourth-order valence-corrected chi connectivity index (χ4v) is 2.17. The van der Waals surface area contributed by atoms with Gasteiger partial charge in [0.2, 0.25) is 5.91 Å². The van der Waals surface area contributed by atoms with Gasteiger partial charge in [-0.1, -0.05) is 13.8 Å². The SMILES string of the molecule is CCC(CC)(CN)C(=O)NCCCS(C)=O. The number of hydrogen-bond donors (Lipinski definition) is 2. The number of carbonyl (C=O) groups excluding carboxylic acids is 1. The summed E-state index contributed by atoms with van der Waals surface area (Å²) in [4.78, 5) is 11.9. The van der Waals surface area contributed by atoms with Crippen LogP contribution in [-0.4, -0.2) is 35.2 Å². The van der Waals surface area contributed by atoms with Gasteiger partial charge in [-0.15, -0.1) is 0 Å². The van der Waals surface area contributed by atoms with E-state index in [2.05, 4.69) is 5.32 Å². The highest BCUT2D eigenvalue weighted by atomic mass is 32.2. The summed E-state index contributed by atoms with van der Waals surface area (Å²) < 4.78 is 10.8. The van der Waals surface area contributed by atoms with Crippen LogP contribution in [0.2, 0.25) is 0 Å². The van der Waals surface area contributed by atoms with Crippen molar-refractivity contribution in [1.82, 2.24) is 5.32 Å². The lowest BCUT2D eigenvalue weighted by atomic mass is 9.81. The van der Waals surface area contributed by atoms with E-state index in [1.807, 2.05) is 13.8 Å². The number of nitrogens with two attached hydrogens (primary N) is 1. The summed E-state index contributed by atoms with van der Waals surface area (Å²) in [7, 11) is -0.783. The van der Waals surface area contributed by atoms with Crippen LogP contribution >= 0.6 is 0 Å². The van der Waals surface area contributed by atoms with Gasteiger partial charge < -0.3 is 11.1 Å². The van der Waals surface area contributed by atoms with Crippen molar-refractivity contribution in [2.45, 2.75) is 33.1 Å². The molecule has 0 spiro atoms. The zero-order chi connectivity index (χ0) is 12.6. The molecular formula is C11H24N2O2S. The minimum absolute atomic E-state index is 0.0295. The number of hydrogen-bond acceptors (Lipinski definition) is 3. The van der Waals surface area contributed by atoms with Crippen molar-refractivity contribution in [2.24, 2.45) is 11.1 Å². The van der Waals surface area contributed by atoms with Gasteiger partial charge in [0.15, 0.2) is 0 Å². The predicted molar refractivity (Wildman–Crippen MR) is 68.6 cm³/mol. The highest BCUT2D eigenvalue weighted by Crippen LogP contribution is 2.24. The van der Waals surface area contributed by atoms with E-state index in [0.29, 0.717) is 18.8 Å². The molecule has 0 heterocycles. The van der Waals surface area contributed by atoms with Crippen molar-refractivity contribution in [1.29, 1.82) is 0 Å². The molecule has 1 amide bonds. The summed E-state index contributed by atoms with van der Waals surface area (Å²) in [5.74, 6) is 0.663. The Balaban J connectivity index is 4.07. The quantitative estimate of drug-likeness (QED) is 0.619. The molecule has 96 valence electrons. The molecular weight excluding hydrogens is 224 g/mol. The minimum Gasteiger partial charge on any atom is -0.356 e. The van der Waals surface area contributed by atoms with Gasteiger partial charge in [-0.2, -0.15) is 0 Å². The van der Waals surface area contributed by atoms with Crippen LogP contribution in [0.25, 0.3) is 0 Å². The molecule has 0 aromatic rings. The van der Waals surface area contributed by atoms with Gasteiger partial charge in [-0.3, -0.25) is 9.00 Å². The molecule has 0 aliphatic heterocycles. The molecule has 0 rings (SSSR count). The number of rotatable bonds is 8. The molecule has 1 atom stereocenters. The van der Waals surface area contributed by atoms with Crippen LogP contribution in [0.1, 0.15) is 33.1 Å². The summed E-state index contributed by atoms with van der Waals surface area (Å²) in [6, 6.07) is 0. The monoisotopic (exact) mass is 248 g/mol. The van der Waals surface area contributed by atoms with Crippen LogP contribution in [0.4, 0.5) is 0 Å². The van der Waals surface area contributed by atoms with E-state index in [-0.39, 0.29) is 5.91 Å². The molecule has 0 aliphatic carbocycles. The summed E-state index contributed by atoms with van der Waals surface area (Å²) in [6.07, 6.45) is 3.93. The Morgan fingerprint density at radius 3 is 2.31 bits per heavy atom. The molecule has 4 nitrogen and oxygen atoms in total. The fourth-order valence-electron chi connectivity index (χ4n) is 1.62. The maximum atomic E-state index is 11.9. The van der Waals surface area contributed by atoms with Crippen LogP contribution in [0.5, 0.6) is 0 Å². The second-order valence-electron chi connectivity index (χ2n) is 4.08. The van der Waals surface area contributed by atoms with Crippen LogP contribution in [-0.2, 0) is 15.6 Å². The van der Waals surface area contributed by atoms with E-state index in [4.69, 9.17) is 5.73 Å². The van der Waals surface area contributed by atoms with Crippen molar-refractivity contribution in [3.63, 3.8) is 0 Å². The Hall–Kier alpha value is -0.420. The molecule has 5 heteroatoms. The van der Waals surface area contributed by atoms with Gasteiger partial charge in [0.05, 0.1) is 5.41 Å². The Labute approximate surface area is 101 Å². The van der Waals surface area contributed by atoms with Gasteiger partial charge in [0, 0.05) is 35.9 Å².